The maximum atomic E-state index is 5.41. The van der Waals surface area contributed by atoms with Crippen molar-refractivity contribution in [1.82, 2.24) is 8.82 Å². The van der Waals surface area contributed by atoms with Crippen LogP contribution in [0.25, 0.3) is 0 Å². The number of likely N-dealkylation sites (N-methyl/N-ethyl adjacent to an activating group) is 1. The number of ether oxygens (including phenoxy) is 1. The summed E-state index contributed by atoms with van der Waals surface area (Å²) in [6.07, 6.45) is 0. The molecule has 2 rings (SSSR count). The molecule has 1 aromatic carbocycles. The molecular weight excluding hydrogens is 267 g/mol. The zero-order valence-corrected chi connectivity index (χ0v) is 11.8. The van der Waals surface area contributed by atoms with E-state index in [4.69, 9.17) is 4.74 Å². The van der Waals surface area contributed by atoms with E-state index >= 15 is 0 Å². The molecule has 0 N–H and O–H groups in total. The topological polar surface area (TPSA) is 15.7 Å². The Kier molecular flexibility index (Phi) is 3.87. The molecule has 0 atom stereocenters. The molecule has 3 nitrogen and oxygen atoms in total. The summed E-state index contributed by atoms with van der Waals surface area (Å²) in [5.41, 5.74) is 1.44. The van der Waals surface area contributed by atoms with Crippen molar-refractivity contribution in [2.45, 2.75) is 6.54 Å². The van der Waals surface area contributed by atoms with Crippen LogP contribution in [0.2, 0.25) is 0 Å². The van der Waals surface area contributed by atoms with E-state index in [1.165, 1.54) is 10.0 Å². The van der Waals surface area contributed by atoms with Crippen molar-refractivity contribution in [3.63, 3.8) is 0 Å². The minimum absolute atomic E-state index is 0.429. The van der Waals surface area contributed by atoms with Gasteiger partial charge in [-0.1, -0.05) is 0 Å². The van der Waals surface area contributed by atoms with Crippen molar-refractivity contribution >= 4 is 19.6 Å². The summed E-state index contributed by atoms with van der Waals surface area (Å²) in [4.78, 5) is 2.23. The number of nitrogens with zero attached hydrogens (tertiary/aromatic N) is 2. The molecule has 1 heterocycles. The first kappa shape index (κ1) is 11.9. The van der Waals surface area contributed by atoms with Gasteiger partial charge in [0.25, 0.3) is 0 Å². The van der Waals surface area contributed by atoms with Gasteiger partial charge in [0.1, 0.15) is 0 Å². The van der Waals surface area contributed by atoms with E-state index in [9.17, 15) is 0 Å². The number of rotatable bonds is 4. The molecule has 0 radical (unpaired) electrons. The number of hydrogen-bond donors (Lipinski definition) is 0. The molecule has 1 aromatic rings. The van der Waals surface area contributed by atoms with E-state index in [2.05, 4.69) is 41.1 Å². The minimum atomic E-state index is 0.429. The van der Waals surface area contributed by atoms with Crippen LogP contribution in [0, 0.1) is 0 Å². The van der Waals surface area contributed by atoms with E-state index in [-0.39, 0.29) is 0 Å². The molecule has 16 heavy (non-hydrogen) atoms. The van der Waals surface area contributed by atoms with Crippen LogP contribution in [0.5, 0.6) is 5.75 Å². The average molecular weight is 285 g/mol. The second-order valence-corrected chi connectivity index (χ2v) is 6.53. The van der Waals surface area contributed by atoms with E-state index < -0.39 is 0 Å². The Morgan fingerprint density at radius 2 is 2.25 bits per heavy atom. The fourth-order valence-corrected chi connectivity index (χ4v) is 4.10. The van der Waals surface area contributed by atoms with Crippen molar-refractivity contribution < 1.29 is 4.74 Å². The second kappa shape index (κ2) is 5.19. The molecule has 0 spiro atoms. The van der Waals surface area contributed by atoms with Gasteiger partial charge in [0.15, 0.2) is 0 Å². The summed E-state index contributed by atoms with van der Waals surface area (Å²) in [5, 5.41) is 0. The summed E-state index contributed by atoms with van der Waals surface area (Å²) in [7, 11) is 6.00. The second-order valence-electron chi connectivity index (χ2n) is 4.21. The molecule has 0 fully saturated rings. The number of methoxy groups -OCH3 is 1. The van der Waals surface area contributed by atoms with E-state index in [0.29, 0.717) is 15.2 Å². The fraction of sp³-hybridized carbons (Fsp3) is 0.500. The molecule has 1 aliphatic rings. The zero-order valence-electron chi connectivity index (χ0n) is 10.1. The van der Waals surface area contributed by atoms with E-state index in [1.807, 2.05) is 0 Å². The van der Waals surface area contributed by atoms with Gasteiger partial charge in [-0.05, 0) is 0 Å². The summed E-state index contributed by atoms with van der Waals surface area (Å²) < 4.78 is 9.36. The Balaban J connectivity index is 2.03. The van der Waals surface area contributed by atoms with Gasteiger partial charge in [-0.25, -0.2) is 0 Å². The molecule has 4 heteroatoms. The van der Waals surface area contributed by atoms with Crippen LogP contribution < -0.4 is 9.20 Å². The van der Waals surface area contributed by atoms with Gasteiger partial charge in [0.05, 0.1) is 0 Å². The molecule has 88 valence electrons. The molecule has 1 aliphatic heterocycles. The first-order valence-electron chi connectivity index (χ1n) is 5.44. The normalized spacial score (nSPS) is 15.5. The van der Waals surface area contributed by atoms with Crippen LogP contribution in [-0.2, 0) is 6.54 Å². The van der Waals surface area contributed by atoms with Crippen molar-refractivity contribution in [1.29, 1.82) is 0 Å². The van der Waals surface area contributed by atoms with Gasteiger partial charge in [-0.3, -0.25) is 0 Å². The van der Waals surface area contributed by atoms with Crippen LogP contribution in [0.15, 0.2) is 18.2 Å². The van der Waals surface area contributed by atoms with Crippen LogP contribution in [-0.4, -0.2) is 58.3 Å². The summed E-state index contributed by atoms with van der Waals surface area (Å²) in [5.74, 6) is 1.06. The van der Waals surface area contributed by atoms with Crippen molar-refractivity contribution in [3.05, 3.63) is 23.8 Å². The Hall–Kier alpha value is -0.541. The molecule has 0 aromatic heterocycles. The van der Waals surface area contributed by atoms with Crippen molar-refractivity contribution in [2.24, 2.45) is 0 Å². The summed E-state index contributed by atoms with van der Waals surface area (Å²) in [6.45, 7) is 3.35. The summed E-state index contributed by atoms with van der Waals surface area (Å²) in [6, 6.07) is 6.37. The molecule has 0 saturated carbocycles. The van der Waals surface area contributed by atoms with Crippen LogP contribution in [0.3, 0.4) is 0 Å². The summed E-state index contributed by atoms with van der Waals surface area (Å²) >= 11 is 0.429. The molecular formula is C12H18N2OSe. The monoisotopic (exact) mass is 286 g/mol. The van der Waals surface area contributed by atoms with Crippen LogP contribution in [0.4, 0.5) is 0 Å². The molecule has 0 aliphatic carbocycles. The molecule has 0 saturated heterocycles. The third kappa shape index (κ3) is 2.58. The predicted molar refractivity (Wildman–Crippen MR) is 67.3 cm³/mol. The van der Waals surface area contributed by atoms with Gasteiger partial charge in [-0.2, -0.15) is 0 Å². The molecule has 0 bridgehead atoms. The molecule has 0 amide bonds. The standard InChI is InChI=1S/C12H18N2OSe/c1-13(2)7-8-14-9-10-5-4-6-11(15-3)12(10)16-14/h4-6H,7-9H2,1-3H3. The quantitative estimate of drug-likeness (QED) is 0.741. The zero-order chi connectivity index (χ0) is 11.5. The maximum absolute atomic E-state index is 5.41. The first-order valence-corrected chi connectivity index (χ1v) is 7.06. The van der Waals surface area contributed by atoms with Gasteiger partial charge >= 0.3 is 104 Å². The Bertz CT molecular complexity index is 368. The Morgan fingerprint density at radius 1 is 1.44 bits per heavy atom. The predicted octanol–water partition coefficient (Wildman–Crippen LogP) is 0.317. The van der Waals surface area contributed by atoms with E-state index in [0.717, 1.165) is 25.4 Å². The van der Waals surface area contributed by atoms with E-state index in [1.54, 1.807) is 7.11 Å². The number of fused-ring (bicyclic) bond motifs is 1. The third-order valence-corrected chi connectivity index (χ3v) is 5.19. The van der Waals surface area contributed by atoms with Gasteiger partial charge < -0.3 is 0 Å². The third-order valence-electron chi connectivity index (χ3n) is 2.64. The van der Waals surface area contributed by atoms with Crippen LogP contribution >= 0.6 is 0 Å². The Morgan fingerprint density at radius 3 is 2.94 bits per heavy atom. The number of hydrogen-bond acceptors (Lipinski definition) is 3. The Labute approximate surface area is 104 Å². The van der Waals surface area contributed by atoms with Gasteiger partial charge in [0, 0.05) is 0 Å². The SMILES string of the molecule is COc1cccc2c1[Se]N(CCN(C)C)C2. The average Bonchev–Trinajstić information content (AvgIpc) is 2.68. The van der Waals surface area contributed by atoms with Crippen molar-refractivity contribution in [2.75, 3.05) is 34.3 Å². The van der Waals surface area contributed by atoms with Gasteiger partial charge in [-0.15, -0.1) is 0 Å². The van der Waals surface area contributed by atoms with Gasteiger partial charge in [0.2, 0.25) is 0 Å². The van der Waals surface area contributed by atoms with Crippen molar-refractivity contribution in [3.8, 4) is 5.75 Å². The number of benzene rings is 1. The molecule has 0 unspecified atom stereocenters. The first-order chi connectivity index (χ1) is 7.70. The fourth-order valence-electron chi connectivity index (χ4n) is 1.74. The van der Waals surface area contributed by atoms with Crippen LogP contribution in [0.1, 0.15) is 5.56 Å².